The fourth-order valence-electron chi connectivity index (χ4n) is 3.73. The molecule has 0 saturated carbocycles. The van der Waals surface area contributed by atoms with Gasteiger partial charge in [0.25, 0.3) is 0 Å². The number of para-hydroxylation sites is 1. The number of carbonyl (C=O) groups is 3. The molecule has 0 unspecified atom stereocenters. The first-order chi connectivity index (χ1) is 11.6. The first-order valence-electron chi connectivity index (χ1n) is 8.41. The third-order valence-electron chi connectivity index (χ3n) is 4.72. The highest BCUT2D eigenvalue weighted by atomic mass is 16.5. The van der Waals surface area contributed by atoms with Crippen LogP contribution < -0.4 is 4.90 Å². The van der Waals surface area contributed by atoms with Crippen LogP contribution >= 0.6 is 0 Å². The van der Waals surface area contributed by atoms with Crippen molar-refractivity contribution in [1.29, 1.82) is 0 Å². The molecular formula is C19H21NO4. The van der Waals surface area contributed by atoms with E-state index in [2.05, 4.69) is 0 Å². The van der Waals surface area contributed by atoms with Gasteiger partial charge in [-0.1, -0.05) is 37.6 Å². The summed E-state index contributed by atoms with van der Waals surface area (Å²) in [7, 11) is 0. The maximum atomic E-state index is 12.9. The largest absolute Gasteiger partial charge is 0.463 e. The zero-order valence-corrected chi connectivity index (χ0v) is 13.9. The number of nitrogens with zero attached hydrogens (tertiary/aromatic N) is 1. The highest BCUT2D eigenvalue weighted by Crippen LogP contribution is 2.46. The number of anilines is 1. The van der Waals surface area contributed by atoms with Crippen molar-refractivity contribution in [3.8, 4) is 0 Å². The number of imide groups is 1. The quantitative estimate of drug-likeness (QED) is 0.616. The van der Waals surface area contributed by atoms with Crippen molar-refractivity contribution in [1.82, 2.24) is 0 Å². The van der Waals surface area contributed by atoms with E-state index >= 15 is 0 Å². The molecular weight excluding hydrogens is 306 g/mol. The summed E-state index contributed by atoms with van der Waals surface area (Å²) >= 11 is 0. The SMILES string of the molecule is CCC[C@@H]1C(C(=O)OCC)=C[C@H]2C(=O)N(c3ccccc3)C(=O)[C@@H]12. The number of ether oxygens (including phenoxy) is 1. The molecule has 3 atom stereocenters. The second-order valence-electron chi connectivity index (χ2n) is 6.14. The lowest BCUT2D eigenvalue weighted by atomic mass is 9.84. The molecule has 1 aromatic rings. The Morgan fingerprint density at radius 3 is 2.46 bits per heavy atom. The van der Waals surface area contributed by atoms with E-state index in [0.717, 1.165) is 6.42 Å². The van der Waals surface area contributed by atoms with E-state index in [0.29, 0.717) is 17.7 Å². The molecule has 0 radical (unpaired) electrons. The number of amides is 2. The monoisotopic (exact) mass is 327 g/mol. The Kier molecular flexibility index (Phi) is 4.51. The maximum Gasteiger partial charge on any atom is 0.333 e. The lowest BCUT2D eigenvalue weighted by molar-refractivity contribution is -0.139. The van der Waals surface area contributed by atoms with Gasteiger partial charge >= 0.3 is 5.97 Å². The summed E-state index contributed by atoms with van der Waals surface area (Å²) in [4.78, 5) is 39.2. The highest BCUT2D eigenvalue weighted by molar-refractivity contribution is 6.23. The van der Waals surface area contributed by atoms with Crippen LogP contribution in [0.1, 0.15) is 26.7 Å². The predicted molar refractivity (Wildman–Crippen MR) is 89.0 cm³/mol. The fraction of sp³-hybridized carbons (Fsp3) is 0.421. The molecule has 5 heteroatoms. The second kappa shape index (κ2) is 6.59. The van der Waals surface area contributed by atoms with Gasteiger partial charge in [0.2, 0.25) is 11.8 Å². The molecule has 1 fully saturated rings. The average Bonchev–Trinajstić information content (AvgIpc) is 3.06. The summed E-state index contributed by atoms with van der Waals surface area (Å²) in [6, 6.07) is 8.94. The molecule has 1 aliphatic heterocycles. The zero-order valence-electron chi connectivity index (χ0n) is 13.9. The number of fused-ring (bicyclic) bond motifs is 1. The van der Waals surface area contributed by atoms with E-state index in [1.54, 1.807) is 37.3 Å². The number of hydrogen-bond acceptors (Lipinski definition) is 4. The summed E-state index contributed by atoms with van der Waals surface area (Å²) in [5.74, 6) is -2.17. The second-order valence-corrected chi connectivity index (χ2v) is 6.14. The molecule has 0 spiro atoms. The minimum atomic E-state index is -0.561. The third kappa shape index (κ3) is 2.54. The molecule has 1 saturated heterocycles. The van der Waals surface area contributed by atoms with Crippen LogP contribution in [0, 0.1) is 17.8 Å². The van der Waals surface area contributed by atoms with Crippen LogP contribution in [0.25, 0.3) is 0 Å². The Hall–Kier alpha value is -2.43. The van der Waals surface area contributed by atoms with Crippen LogP contribution in [-0.4, -0.2) is 24.4 Å². The van der Waals surface area contributed by atoms with Gasteiger partial charge in [0, 0.05) is 11.5 Å². The van der Waals surface area contributed by atoms with Gasteiger partial charge in [0.05, 0.1) is 24.1 Å². The molecule has 2 aliphatic rings. The molecule has 0 N–H and O–H groups in total. The molecule has 126 valence electrons. The Bertz CT molecular complexity index is 695. The molecule has 2 amide bonds. The predicted octanol–water partition coefficient (Wildman–Crippen LogP) is 2.71. The summed E-state index contributed by atoms with van der Waals surface area (Å²) < 4.78 is 5.11. The Labute approximate surface area is 141 Å². The number of carbonyl (C=O) groups excluding carboxylic acids is 3. The van der Waals surface area contributed by atoms with Crippen LogP contribution in [0.15, 0.2) is 42.0 Å². The minimum absolute atomic E-state index is 0.217. The van der Waals surface area contributed by atoms with Crippen molar-refractivity contribution in [2.24, 2.45) is 17.8 Å². The first kappa shape index (κ1) is 16.4. The average molecular weight is 327 g/mol. The Morgan fingerprint density at radius 2 is 1.83 bits per heavy atom. The van der Waals surface area contributed by atoms with Crippen molar-refractivity contribution < 1.29 is 19.1 Å². The normalized spacial score (nSPS) is 25.7. The van der Waals surface area contributed by atoms with Gasteiger partial charge < -0.3 is 4.74 Å². The van der Waals surface area contributed by atoms with E-state index in [4.69, 9.17) is 4.74 Å². The van der Waals surface area contributed by atoms with E-state index in [1.807, 2.05) is 13.0 Å². The maximum absolute atomic E-state index is 12.9. The van der Waals surface area contributed by atoms with E-state index in [9.17, 15) is 14.4 Å². The summed E-state index contributed by atoms with van der Waals surface area (Å²) in [6.07, 6.45) is 3.18. The Balaban J connectivity index is 1.96. The van der Waals surface area contributed by atoms with Gasteiger partial charge in [-0.15, -0.1) is 0 Å². The number of hydrogen-bond donors (Lipinski definition) is 0. The molecule has 5 nitrogen and oxygen atoms in total. The molecule has 1 aliphatic carbocycles. The summed E-state index contributed by atoms with van der Waals surface area (Å²) in [5.41, 5.74) is 1.08. The zero-order chi connectivity index (χ0) is 17.3. The summed E-state index contributed by atoms with van der Waals surface area (Å²) in [6.45, 7) is 4.03. The molecule has 0 bridgehead atoms. The standard InChI is InChI=1S/C19H21NO4/c1-3-8-13-14(19(23)24-4-2)11-15-16(13)18(22)20(17(15)21)12-9-6-5-7-10-12/h5-7,9-11,13,15-16H,3-4,8H2,1-2H3/t13-,15-,16+/m1/s1. The molecule has 24 heavy (non-hydrogen) atoms. The van der Waals surface area contributed by atoms with Crippen LogP contribution in [0.4, 0.5) is 5.69 Å². The van der Waals surface area contributed by atoms with Crippen molar-refractivity contribution in [3.63, 3.8) is 0 Å². The molecule has 0 aromatic heterocycles. The number of benzene rings is 1. The van der Waals surface area contributed by atoms with Crippen LogP contribution in [0.2, 0.25) is 0 Å². The first-order valence-corrected chi connectivity index (χ1v) is 8.41. The van der Waals surface area contributed by atoms with Crippen molar-refractivity contribution in [2.45, 2.75) is 26.7 Å². The number of rotatable bonds is 5. The summed E-state index contributed by atoms with van der Waals surface area (Å²) in [5, 5.41) is 0. The van der Waals surface area contributed by atoms with Crippen molar-refractivity contribution in [3.05, 3.63) is 42.0 Å². The lowest BCUT2D eigenvalue weighted by Gasteiger charge is -2.21. The van der Waals surface area contributed by atoms with Gasteiger partial charge in [0.15, 0.2) is 0 Å². The molecule has 3 rings (SSSR count). The Morgan fingerprint density at radius 1 is 1.12 bits per heavy atom. The van der Waals surface area contributed by atoms with Crippen LogP contribution in [0.3, 0.4) is 0 Å². The molecule has 1 aromatic carbocycles. The minimum Gasteiger partial charge on any atom is -0.463 e. The highest BCUT2D eigenvalue weighted by Gasteiger charge is 2.55. The van der Waals surface area contributed by atoms with Gasteiger partial charge in [-0.2, -0.15) is 0 Å². The van der Waals surface area contributed by atoms with E-state index < -0.39 is 17.8 Å². The van der Waals surface area contributed by atoms with Crippen LogP contribution in [-0.2, 0) is 19.1 Å². The van der Waals surface area contributed by atoms with Gasteiger partial charge in [-0.3, -0.25) is 9.59 Å². The third-order valence-corrected chi connectivity index (χ3v) is 4.72. The fourth-order valence-corrected chi connectivity index (χ4v) is 3.73. The molecule has 1 heterocycles. The topological polar surface area (TPSA) is 63.7 Å². The van der Waals surface area contributed by atoms with Crippen molar-refractivity contribution in [2.75, 3.05) is 11.5 Å². The van der Waals surface area contributed by atoms with Crippen molar-refractivity contribution >= 4 is 23.5 Å². The number of esters is 1. The van der Waals surface area contributed by atoms with E-state index in [1.165, 1.54) is 4.90 Å². The van der Waals surface area contributed by atoms with E-state index in [-0.39, 0.29) is 24.3 Å². The lowest BCUT2D eigenvalue weighted by Crippen LogP contribution is -2.33. The van der Waals surface area contributed by atoms with Crippen LogP contribution in [0.5, 0.6) is 0 Å². The van der Waals surface area contributed by atoms with Gasteiger partial charge in [-0.05, 0) is 25.5 Å². The van der Waals surface area contributed by atoms with Gasteiger partial charge in [-0.25, -0.2) is 9.69 Å². The smallest absolute Gasteiger partial charge is 0.333 e. The van der Waals surface area contributed by atoms with Gasteiger partial charge in [0.1, 0.15) is 0 Å².